The highest BCUT2D eigenvalue weighted by molar-refractivity contribution is 5.70. The summed E-state index contributed by atoms with van der Waals surface area (Å²) < 4.78 is 26.0. The summed E-state index contributed by atoms with van der Waals surface area (Å²) in [5, 5.41) is 3.62. The maximum absolute atomic E-state index is 13.1. The fourth-order valence-corrected chi connectivity index (χ4v) is 5.39. The lowest BCUT2D eigenvalue weighted by Crippen LogP contribution is -2.36. The molecule has 2 aromatic heterocycles. The quantitative estimate of drug-likeness (QED) is 0.257. The van der Waals surface area contributed by atoms with Crippen molar-refractivity contribution in [1.82, 2.24) is 24.4 Å². The maximum atomic E-state index is 13.1. The van der Waals surface area contributed by atoms with Gasteiger partial charge in [-0.3, -0.25) is 19.2 Å². The minimum atomic E-state index is -0.160. The number of aromatic amines is 1. The first-order chi connectivity index (χ1) is 20.7. The van der Waals surface area contributed by atoms with Gasteiger partial charge in [0.25, 0.3) is 12.3 Å². The van der Waals surface area contributed by atoms with E-state index in [1.54, 1.807) is 10.9 Å². The van der Waals surface area contributed by atoms with Gasteiger partial charge in [-0.2, -0.15) is 0 Å². The van der Waals surface area contributed by atoms with E-state index in [0.717, 1.165) is 76.8 Å². The van der Waals surface area contributed by atoms with Crippen LogP contribution in [0.2, 0.25) is 0 Å². The second kappa shape index (κ2) is 14.1. The van der Waals surface area contributed by atoms with Gasteiger partial charge in [-0.1, -0.05) is 53.2 Å². The summed E-state index contributed by atoms with van der Waals surface area (Å²) in [5.41, 5.74) is 5.06. The molecule has 2 saturated heterocycles. The smallest absolute Gasteiger partial charge is 0.276 e. The molecule has 6 rings (SSSR count). The SMILES string of the molecule is O=c1c2c[n+](COCc3cccc(CN4CCOCC4)c3)[nH]c2ncn1COCc1cccc(CN2CCOCC2)c1. The van der Waals surface area contributed by atoms with Gasteiger partial charge in [-0.05, 0) is 22.3 Å². The molecule has 2 fully saturated rings. The lowest BCUT2D eigenvalue weighted by Gasteiger charge is -2.26. The van der Waals surface area contributed by atoms with E-state index in [9.17, 15) is 4.79 Å². The third-order valence-electron chi connectivity index (χ3n) is 7.61. The van der Waals surface area contributed by atoms with Crippen LogP contribution in [0.4, 0.5) is 0 Å². The van der Waals surface area contributed by atoms with Gasteiger partial charge in [0, 0.05) is 39.3 Å². The minimum Gasteiger partial charge on any atom is -0.379 e. The summed E-state index contributed by atoms with van der Waals surface area (Å²) in [4.78, 5) is 22.3. The summed E-state index contributed by atoms with van der Waals surface area (Å²) in [5.74, 6) is 0. The van der Waals surface area contributed by atoms with Crippen LogP contribution in [0.1, 0.15) is 22.3 Å². The molecule has 0 spiro atoms. The van der Waals surface area contributed by atoms with Gasteiger partial charge in [0.05, 0.1) is 39.6 Å². The zero-order valence-electron chi connectivity index (χ0n) is 24.0. The Morgan fingerprint density at radius 2 is 1.38 bits per heavy atom. The number of H-pyrrole nitrogens is 1. The normalized spacial score (nSPS) is 16.8. The molecule has 4 heterocycles. The van der Waals surface area contributed by atoms with E-state index >= 15 is 0 Å². The maximum Gasteiger partial charge on any atom is 0.276 e. The number of fused-ring (bicyclic) bond motifs is 1. The highest BCUT2D eigenvalue weighted by atomic mass is 16.5. The number of benzene rings is 2. The van der Waals surface area contributed by atoms with E-state index in [0.29, 0.717) is 24.2 Å². The van der Waals surface area contributed by atoms with Gasteiger partial charge in [0.2, 0.25) is 11.8 Å². The zero-order valence-corrected chi connectivity index (χ0v) is 24.0. The summed E-state index contributed by atoms with van der Waals surface area (Å²) in [6, 6.07) is 16.9. The first-order valence-electron chi connectivity index (χ1n) is 14.6. The summed E-state index contributed by atoms with van der Waals surface area (Å²) in [6.45, 7) is 10.1. The molecule has 1 N–H and O–H groups in total. The van der Waals surface area contributed by atoms with Crippen molar-refractivity contribution in [2.45, 2.75) is 39.8 Å². The van der Waals surface area contributed by atoms with E-state index in [-0.39, 0.29) is 19.0 Å². The van der Waals surface area contributed by atoms with E-state index in [1.165, 1.54) is 22.0 Å². The van der Waals surface area contributed by atoms with Gasteiger partial charge < -0.3 is 18.9 Å². The van der Waals surface area contributed by atoms with Crippen molar-refractivity contribution < 1.29 is 23.6 Å². The van der Waals surface area contributed by atoms with Crippen molar-refractivity contribution >= 4 is 11.0 Å². The molecule has 0 aliphatic carbocycles. The number of nitrogens with zero attached hydrogens (tertiary/aromatic N) is 5. The highest BCUT2D eigenvalue weighted by Crippen LogP contribution is 2.13. The number of hydrogen-bond acceptors (Lipinski definition) is 8. The van der Waals surface area contributed by atoms with Crippen molar-refractivity contribution in [3.8, 4) is 0 Å². The lowest BCUT2D eigenvalue weighted by atomic mass is 10.1. The van der Waals surface area contributed by atoms with Crippen LogP contribution < -0.4 is 10.2 Å². The molecule has 0 radical (unpaired) electrons. The van der Waals surface area contributed by atoms with Crippen LogP contribution in [0.3, 0.4) is 0 Å². The van der Waals surface area contributed by atoms with Crippen LogP contribution in [0.5, 0.6) is 0 Å². The number of morpholine rings is 2. The number of nitrogens with one attached hydrogen (secondary N) is 1. The van der Waals surface area contributed by atoms with Crippen LogP contribution in [-0.4, -0.2) is 77.1 Å². The molecule has 2 aliphatic heterocycles. The van der Waals surface area contributed by atoms with Crippen molar-refractivity contribution in [2.75, 3.05) is 52.6 Å². The average Bonchev–Trinajstić information content (AvgIpc) is 3.44. The van der Waals surface area contributed by atoms with Gasteiger partial charge in [-0.25, -0.2) is 4.98 Å². The molecule has 222 valence electrons. The molecule has 11 nitrogen and oxygen atoms in total. The third kappa shape index (κ3) is 7.68. The van der Waals surface area contributed by atoms with Gasteiger partial charge in [0.1, 0.15) is 13.1 Å². The predicted octanol–water partition coefficient (Wildman–Crippen LogP) is 2.03. The topological polar surface area (TPSA) is 98.0 Å². The highest BCUT2D eigenvalue weighted by Gasteiger charge is 2.15. The van der Waals surface area contributed by atoms with Crippen LogP contribution in [0.25, 0.3) is 11.0 Å². The molecule has 0 atom stereocenters. The zero-order chi connectivity index (χ0) is 28.6. The minimum absolute atomic E-state index is 0.123. The molecule has 0 bridgehead atoms. The van der Waals surface area contributed by atoms with Crippen LogP contribution in [-0.2, 0) is 58.7 Å². The second-order valence-corrected chi connectivity index (χ2v) is 10.9. The Bertz CT molecular complexity index is 1510. The number of aromatic nitrogens is 4. The van der Waals surface area contributed by atoms with Crippen LogP contribution in [0.15, 0.2) is 65.8 Å². The third-order valence-corrected chi connectivity index (χ3v) is 7.61. The summed E-state index contributed by atoms with van der Waals surface area (Å²) >= 11 is 0. The molecule has 42 heavy (non-hydrogen) atoms. The Balaban J connectivity index is 0.997. The Kier molecular flexibility index (Phi) is 9.65. The Labute approximate surface area is 245 Å². The van der Waals surface area contributed by atoms with Crippen molar-refractivity contribution in [1.29, 1.82) is 0 Å². The van der Waals surface area contributed by atoms with Gasteiger partial charge >= 0.3 is 0 Å². The summed E-state index contributed by atoms with van der Waals surface area (Å²) in [7, 11) is 0. The molecule has 0 amide bonds. The van der Waals surface area contributed by atoms with Crippen molar-refractivity contribution in [3.63, 3.8) is 0 Å². The number of hydrogen-bond donors (Lipinski definition) is 1. The monoisotopic (exact) mass is 575 g/mol. The lowest BCUT2D eigenvalue weighted by molar-refractivity contribution is -0.780. The van der Waals surface area contributed by atoms with Crippen LogP contribution in [0, 0.1) is 0 Å². The molecule has 0 unspecified atom stereocenters. The molecular formula is C31H39N6O5+. The molecular weight excluding hydrogens is 536 g/mol. The predicted molar refractivity (Wildman–Crippen MR) is 155 cm³/mol. The van der Waals surface area contributed by atoms with E-state index in [2.05, 4.69) is 62.3 Å². The molecule has 11 heteroatoms. The fourth-order valence-electron chi connectivity index (χ4n) is 5.39. The van der Waals surface area contributed by atoms with Crippen molar-refractivity contribution in [3.05, 3.63) is 93.7 Å². The molecule has 0 saturated carbocycles. The number of ether oxygens (including phenoxy) is 4. The molecule has 2 aromatic carbocycles. The Hall–Kier alpha value is -3.45. The Morgan fingerprint density at radius 1 is 0.810 bits per heavy atom. The van der Waals surface area contributed by atoms with Gasteiger partial charge in [-0.15, -0.1) is 5.10 Å². The van der Waals surface area contributed by atoms with Crippen molar-refractivity contribution in [2.24, 2.45) is 0 Å². The van der Waals surface area contributed by atoms with Crippen LogP contribution >= 0.6 is 0 Å². The summed E-state index contributed by atoms with van der Waals surface area (Å²) in [6.07, 6.45) is 3.26. The molecule has 4 aromatic rings. The first kappa shape index (κ1) is 28.7. The van der Waals surface area contributed by atoms with Gasteiger partial charge in [0.15, 0.2) is 5.39 Å². The fraction of sp³-hybridized carbons (Fsp3) is 0.452. The standard InChI is InChI=1S/C31H38N6O5/c38-31-29-19-37(24-42-21-28-6-2-4-26(16-28)18-35-9-13-40-14-10-35)33-30(29)32-22-36(31)23-41-20-27-5-1-3-25(15-27)17-34-7-11-39-12-8-34/h1-6,15-16,19,22H,7-14,17-18,20-21,23-24H2/p+1. The average molecular weight is 576 g/mol. The molecule has 2 aliphatic rings. The first-order valence-corrected chi connectivity index (χ1v) is 14.6. The Morgan fingerprint density at radius 3 is 2.00 bits per heavy atom. The second-order valence-electron chi connectivity index (χ2n) is 10.9. The number of rotatable bonds is 12. The van der Waals surface area contributed by atoms with E-state index in [4.69, 9.17) is 18.9 Å². The van der Waals surface area contributed by atoms with E-state index in [1.807, 2.05) is 6.07 Å². The van der Waals surface area contributed by atoms with E-state index < -0.39 is 0 Å². The largest absolute Gasteiger partial charge is 0.379 e.